The molecule has 0 unspecified atom stereocenters. The number of ether oxygens (including phenoxy) is 2. The van der Waals surface area contributed by atoms with Crippen molar-refractivity contribution in [3.8, 4) is 0 Å². The third-order valence-corrected chi connectivity index (χ3v) is 6.76. The van der Waals surface area contributed by atoms with Crippen molar-refractivity contribution in [2.75, 3.05) is 21.2 Å². The van der Waals surface area contributed by atoms with Crippen molar-refractivity contribution >= 4 is 23.9 Å². The molecule has 1 N–H and O–H groups in total. The Hall–Kier alpha value is -3.10. The molecule has 9 nitrogen and oxygen atoms in total. The molecule has 0 saturated heterocycles. The van der Waals surface area contributed by atoms with Gasteiger partial charge in [0.2, 0.25) is 11.8 Å². The van der Waals surface area contributed by atoms with Gasteiger partial charge in [-0.25, -0.2) is 9.59 Å². The molecule has 1 rings (SSSR count). The second-order valence-corrected chi connectivity index (χ2v) is 13.1. The first-order chi connectivity index (χ1) is 17.7. The molecule has 0 saturated carbocycles. The molecular weight excluding hydrogens is 498 g/mol. The fourth-order valence-corrected chi connectivity index (χ4v) is 4.66. The first-order valence-electron chi connectivity index (χ1n) is 13.3. The molecule has 0 aliphatic carbocycles. The molecule has 3 atom stereocenters. The van der Waals surface area contributed by atoms with E-state index in [0.29, 0.717) is 0 Å². The summed E-state index contributed by atoms with van der Waals surface area (Å²) in [7, 11) is 4.34. The molecule has 39 heavy (non-hydrogen) atoms. The van der Waals surface area contributed by atoms with Crippen molar-refractivity contribution < 1.29 is 28.7 Å². The van der Waals surface area contributed by atoms with E-state index in [9.17, 15) is 19.2 Å². The topological polar surface area (TPSA) is 105 Å². The average Bonchev–Trinajstić information content (AvgIpc) is 2.80. The van der Waals surface area contributed by atoms with Crippen LogP contribution in [0.4, 0.5) is 4.79 Å². The van der Waals surface area contributed by atoms with Gasteiger partial charge in [-0.15, -0.1) is 0 Å². The first-order valence-corrected chi connectivity index (χ1v) is 13.3. The van der Waals surface area contributed by atoms with E-state index in [4.69, 9.17) is 9.47 Å². The van der Waals surface area contributed by atoms with Gasteiger partial charge in [-0.05, 0) is 37.7 Å². The molecule has 3 amide bonds. The minimum Gasteiger partial charge on any atom is -0.467 e. The number of benzene rings is 1. The van der Waals surface area contributed by atoms with Crippen molar-refractivity contribution in [2.24, 2.45) is 11.3 Å². The highest BCUT2D eigenvalue weighted by Gasteiger charge is 2.46. The van der Waals surface area contributed by atoms with Gasteiger partial charge in [-0.1, -0.05) is 78.8 Å². The Kier molecular flexibility index (Phi) is 11.2. The zero-order valence-electron chi connectivity index (χ0n) is 26.0. The summed E-state index contributed by atoms with van der Waals surface area (Å²) in [6, 6.07) is 6.55. The number of amides is 3. The number of carbonyl (C=O) groups excluding carboxylic acids is 4. The maximum absolute atomic E-state index is 14.1. The van der Waals surface area contributed by atoms with E-state index in [0.717, 1.165) is 5.56 Å². The Morgan fingerprint density at radius 1 is 0.846 bits per heavy atom. The van der Waals surface area contributed by atoms with Crippen LogP contribution in [-0.2, 0) is 29.3 Å². The van der Waals surface area contributed by atoms with Gasteiger partial charge in [0.25, 0.3) is 0 Å². The van der Waals surface area contributed by atoms with Crippen LogP contribution < -0.4 is 5.32 Å². The van der Waals surface area contributed by atoms with Gasteiger partial charge in [0.15, 0.2) is 0 Å². The van der Waals surface area contributed by atoms with Gasteiger partial charge in [-0.3, -0.25) is 14.5 Å². The van der Waals surface area contributed by atoms with Crippen molar-refractivity contribution in [2.45, 2.75) is 98.4 Å². The second-order valence-electron chi connectivity index (χ2n) is 13.1. The maximum Gasteiger partial charge on any atom is 0.410 e. The molecule has 0 fully saturated rings. The van der Waals surface area contributed by atoms with Gasteiger partial charge < -0.3 is 19.7 Å². The lowest BCUT2D eigenvalue weighted by Crippen LogP contribution is -2.63. The minimum atomic E-state index is -1.03. The highest BCUT2D eigenvalue weighted by molar-refractivity contribution is 5.94. The van der Waals surface area contributed by atoms with Crippen LogP contribution in [0.5, 0.6) is 0 Å². The molecule has 220 valence electrons. The summed E-state index contributed by atoms with van der Waals surface area (Å²) in [5.74, 6) is -1.70. The highest BCUT2D eigenvalue weighted by atomic mass is 16.6. The number of likely N-dealkylation sites (N-methyl/N-ethyl adjacent to an activating group) is 2. The first kappa shape index (κ1) is 33.9. The molecule has 0 spiro atoms. The standard InChI is InChI=1S/C30H49N3O6/c1-19(2)21(26(36)38-13)32(11)25(35)22(28(3,4)5)31-24(34)23(33(12)27(37)39-29(6,7)8)30(9,10)20-17-15-14-16-18-20/h14-19,21-23H,1-13H3,(H,31,34)/t21-,22+,23+/m0/s1. The zero-order valence-corrected chi connectivity index (χ0v) is 26.0. The fraction of sp³-hybridized carbons (Fsp3) is 0.667. The largest absolute Gasteiger partial charge is 0.467 e. The predicted octanol–water partition coefficient (Wildman–Crippen LogP) is 4.39. The van der Waals surface area contributed by atoms with Crippen molar-refractivity contribution in [3.63, 3.8) is 0 Å². The van der Waals surface area contributed by atoms with Crippen LogP contribution in [0.15, 0.2) is 30.3 Å². The monoisotopic (exact) mass is 547 g/mol. The lowest BCUT2D eigenvalue weighted by molar-refractivity contribution is -0.156. The molecule has 0 aromatic heterocycles. The zero-order chi connectivity index (χ0) is 30.5. The summed E-state index contributed by atoms with van der Waals surface area (Å²) in [6.07, 6.45) is -0.659. The van der Waals surface area contributed by atoms with E-state index in [1.54, 1.807) is 20.8 Å². The van der Waals surface area contributed by atoms with Crippen molar-refractivity contribution in [1.29, 1.82) is 0 Å². The summed E-state index contributed by atoms with van der Waals surface area (Å²) in [4.78, 5) is 56.3. The van der Waals surface area contributed by atoms with E-state index < -0.39 is 58.4 Å². The predicted molar refractivity (Wildman–Crippen MR) is 152 cm³/mol. The lowest BCUT2D eigenvalue weighted by Gasteiger charge is -2.42. The number of hydrogen-bond acceptors (Lipinski definition) is 6. The normalized spacial score (nSPS) is 14.6. The van der Waals surface area contributed by atoms with Crippen LogP contribution in [0.1, 0.15) is 74.8 Å². The molecule has 0 aliphatic rings. The van der Waals surface area contributed by atoms with Crippen molar-refractivity contribution in [3.05, 3.63) is 35.9 Å². The molecule has 0 radical (unpaired) electrons. The van der Waals surface area contributed by atoms with Crippen LogP contribution in [0.3, 0.4) is 0 Å². The molecule has 0 aliphatic heterocycles. The van der Waals surface area contributed by atoms with Crippen LogP contribution >= 0.6 is 0 Å². The molecule has 0 heterocycles. The second kappa shape index (κ2) is 12.8. The minimum absolute atomic E-state index is 0.217. The molecule has 9 heteroatoms. The number of carbonyl (C=O) groups is 4. The van der Waals surface area contributed by atoms with E-state index in [-0.39, 0.29) is 5.92 Å². The maximum atomic E-state index is 14.1. The van der Waals surface area contributed by atoms with E-state index in [1.165, 1.54) is 31.0 Å². The van der Waals surface area contributed by atoms with Gasteiger partial charge in [-0.2, -0.15) is 0 Å². The fourth-order valence-electron chi connectivity index (χ4n) is 4.66. The van der Waals surface area contributed by atoms with Crippen molar-refractivity contribution in [1.82, 2.24) is 15.1 Å². The summed E-state index contributed by atoms with van der Waals surface area (Å²) < 4.78 is 10.5. The smallest absolute Gasteiger partial charge is 0.410 e. The summed E-state index contributed by atoms with van der Waals surface area (Å²) in [6.45, 7) is 18.2. The lowest BCUT2D eigenvalue weighted by atomic mass is 9.76. The summed E-state index contributed by atoms with van der Waals surface area (Å²) in [5, 5.41) is 2.93. The highest BCUT2D eigenvalue weighted by Crippen LogP contribution is 2.32. The van der Waals surface area contributed by atoms with Gasteiger partial charge in [0.05, 0.1) is 7.11 Å². The number of methoxy groups -OCH3 is 1. The number of esters is 1. The molecular formula is C30H49N3O6. The Bertz CT molecular complexity index is 1010. The average molecular weight is 548 g/mol. The number of rotatable bonds is 9. The Morgan fingerprint density at radius 3 is 1.77 bits per heavy atom. The number of nitrogens with zero attached hydrogens (tertiary/aromatic N) is 2. The third kappa shape index (κ3) is 8.70. The van der Waals surface area contributed by atoms with Crippen LogP contribution in [0, 0.1) is 11.3 Å². The Morgan fingerprint density at radius 2 is 1.36 bits per heavy atom. The quantitative estimate of drug-likeness (QED) is 0.460. The SMILES string of the molecule is COC(=O)[C@H](C(C)C)N(C)C(=O)[C@@H](NC(=O)[C@@H](N(C)C(=O)OC(C)(C)C)C(C)(C)c1ccccc1)C(C)(C)C. The number of hydrogen-bond donors (Lipinski definition) is 1. The van der Waals surface area contributed by atoms with Gasteiger partial charge in [0, 0.05) is 19.5 Å². The third-order valence-electron chi connectivity index (χ3n) is 6.76. The van der Waals surface area contributed by atoms with Gasteiger partial charge >= 0.3 is 12.1 Å². The van der Waals surface area contributed by atoms with Gasteiger partial charge in [0.1, 0.15) is 23.7 Å². The van der Waals surface area contributed by atoms with E-state index >= 15 is 0 Å². The summed E-state index contributed by atoms with van der Waals surface area (Å²) >= 11 is 0. The molecule has 1 aromatic rings. The van der Waals surface area contributed by atoms with E-state index in [1.807, 2.05) is 78.8 Å². The molecule has 0 bridgehead atoms. The molecule has 1 aromatic carbocycles. The van der Waals surface area contributed by atoms with Crippen LogP contribution in [0.2, 0.25) is 0 Å². The number of nitrogens with one attached hydrogen (secondary N) is 1. The Balaban J connectivity index is 3.56. The Labute approximate surface area is 234 Å². The van der Waals surface area contributed by atoms with E-state index in [2.05, 4.69) is 5.32 Å². The van der Waals surface area contributed by atoms with Crippen LogP contribution in [-0.4, -0.2) is 78.6 Å². The van der Waals surface area contributed by atoms with Crippen LogP contribution in [0.25, 0.3) is 0 Å². The summed E-state index contributed by atoms with van der Waals surface area (Å²) in [5.41, 5.74) is -1.51.